The van der Waals surface area contributed by atoms with Crippen LogP contribution in [0.2, 0.25) is 0 Å². The second-order valence-electron chi connectivity index (χ2n) is 3.41. The lowest BCUT2D eigenvalue weighted by atomic mass is 10.0. The van der Waals surface area contributed by atoms with Gasteiger partial charge in [0.2, 0.25) is 0 Å². The average Bonchev–Trinajstić information content (AvgIpc) is 2.16. The van der Waals surface area contributed by atoms with E-state index < -0.39 is 6.30 Å². The van der Waals surface area contributed by atoms with Crippen molar-refractivity contribution in [2.24, 2.45) is 0 Å². The third kappa shape index (κ3) is 1.75. The number of nitrogens with zero attached hydrogens (tertiary/aromatic N) is 1. The molecule has 1 aromatic rings. The summed E-state index contributed by atoms with van der Waals surface area (Å²) in [5.41, 5.74) is 1.82. The van der Waals surface area contributed by atoms with E-state index >= 15 is 0 Å². The number of alkyl halides is 3. The van der Waals surface area contributed by atoms with E-state index in [1.165, 1.54) is 0 Å². The molecule has 1 nitrogen and oxygen atoms in total. The van der Waals surface area contributed by atoms with Gasteiger partial charge in [0.25, 0.3) is 0 Å². The molecule has 0 N–H and O–H groups in total. The minimum atomic E-state index is -4.20. The molecule has 0 spiro atoms. The molecule has 0 bridgehead atoms. The highest BCUT2D eigenvalue weighted by atomic mass is 19.4. The Morgan fingerprint density at radius 3 is 2.36 bits per heavy atom. The molecule has 0 unspecified atom stereocenters. The van der Waals surface area contributed by atoms with Gasteiger partial charge < -0.3 is 0 Å². The summed E-state index contributed by atoms with van der Waals surface area (Å²) in [6.45, 7) is 0.0557. The zero-order valence-electron chi connectivity index (χ0n) is 7.51. The Morgan fingerprint density at radius 2 is 1.71 bits per heavy atom. The van der Waals surface area contributed by atoms with Crippen LogP contribution in [0.4, 0.5) is 13.2 Å². The molecule has 1 aromatic carbocycles. The van der Waals surface area contributed by atoms with Crippen LogP contribution in [0, 0.1) is 0 Å². The molecule has 0 atom stereocenters. The molecular formula is C10H10F3N. The van der Waals surface area contributed by atoms with Gasteiger partial charge in [-0.25, -0.2) is 4.90 Å². The van der Waals surface area contributed by atoms with Crippen molar-refractivity contribution in [3.63, 3.8) is 0 Å². The lowest BCUT2D eigenvalue weighted by Crippen LogP contribution is -2.41. The zero-order chi connectivity index (χ0) is 10.2. The first-order valence-corrected chi connectivity index (χ1v) is 4.46. The second-order valence-corrected chi connectivity index (χ2v) is 3.41. The number of rotatable bonds is 0. The highest BCUT2D eigenvalue weighted by molar-refractivity contribution is 5.29. The summed E-state index contributed by atoms with van der Waals surface area (Å²) in [5.74, 6) is 0. The first-order chi connectivity index (χ1) is 6.57. The van der Waals surface area contributed by atoms with E-state index in [2.05, 4.69) is 0 Å². The van der Waals surface area contributed by atoms with Crippen LogP contribution in [0.15, 0.2) is 24.3 Å². The van der Waals surface area contributed by atoms with Gasteiger partial charge in [0.15, 0.2) is 0 Å². The van der Waals surface area contributed by atoms with Gasteiger partial charge in [-0.1, -0.05) is 24.3 Å². The van der Waals surface area contributed by atoms with E-state index in [0.29, 0.717) is 11.3 Å². The molecule has 0 aliphatic carbocycles. The minimum Gasteiger partial charge on any atom is -0.210 e. The summed E-state index contributed by atoms with van der Waals surface area (Å²) < 4.78 is 37.1. The maximum absolute atomic E-state index is 12.4. The molecule has 0 saturated carbocycles. The van der Waals surface area contributed by atoms with E-state index in [1.807, 2.05) is 12.1 Å². The molecule has 0 aromatic heterocycles. The van der Waals surface area contributed by atoms with Crippen LogP contribution in [0.3, 0.4) is 0 Å². The van der Waals surface area contributed by atoms with Gasteiger partial charge >= 0.3 is 6.30 Å². The van der Waals surface area contributed by atoms with Gasteiger partial charge in [-0.05, 0) is 17.5 Å². The maximum atomic E-state index is 12.4. The van der Waals surface area contributed by atoms with E-state index in [-0.39, 0.29) is 13.1 Å². The molecule has 1 aliphatic heterocycles. The smallest absolute Gasteiger partial charge is 0.210 e. The van der Waals surface area contributed by atoms with E-state index in [9.17, 15) is 13.2 Å². The van der Waals surface area contributed by atoms with Gasteiger partial charge in [0.05, 0.1) is 0 Å². The van der Waals surface area contributed by atoms with Crippen molar-refractivity contribution in [2.45, 2.75) is 19.3 Å². The predicted octanol–water partition coefficient (Wildman–Crippen LogP) is 2.56. The Bertz CT molecular complexity index is 332. The van der Waals surface area contributed by atoms with Crippen molar-refractivity contribution >= 4 is 0 Å². The first-order valence-electron chi connectivity index (χ1n) is 4.46. The largest absolute Gasteiger partial charge is 0.460 e. The molecule has 76 valence electrons. The topological polar surface area (TPSA) is 3.24 Å². The number of halogens is 3. The highest BCUT2D eigenvalue weighted by Crippen LogP contribution is 2.28. The van der Waals surface area contributed by atoms with Crippen molar-refractivity contribution in [2.75, 3.05) is 6.54 Å². The molecule has 0 amide bonds. The second kappa shape index (κ2) is 3.28. The standard InChI is InChI=1S/C10H10F3N/c11-10(12,13)14-6-5-8-3-1-2-4-9(8)7-14/h1-4H,5-7H2. The third-order valence-electron chi connectivity index (χ3n) is 2.49. The fourth-order valence-corrected chi connectivity index (χ4v) is 1.71. The van der Waals surface area contributed by atoms with Crippen molar-refractivity contribution in [3.05, 3.63) is 35.4 Å². The Hall–Kier alpha value is -1.03. The van der Waals surface area contributed by atoms with Crippen LogP contribution in [-0.2, 0) is 13.0 Å². The third-order valence-corrected chi connectivity index (χ3v) is 2.49. The zero-order valence-corrected chi connectivity index (χ0v) is 7.51. The molecular weight excluding hydrogens is 191 g/mol. The molecule has 4 heteroatoms. The van der Waals surface area contributed by atoms with Crippen molar-refractivity contribution in [3.8, 4) is 0 Å². The normalized spacial score (nSPS) is 17.9. The summed E-state index contributed by atoms with van der Waals surface area (Å²) in [4.78, 5) is 0.551. The van der Waals surface area contributed by atoms with Gasteiger partial charge in [0, 0.05) is 13.1 Å². The average molecular weight is 201 g/mol. The Morgan fingerprint density at radius 1 is 1.07 bits per heavy atom. The van der Waals surface area contributed by atoms with Crippen LogP contribution in [0.25, 0.3) is 0 Å². The van der Waals surface area contributed by atoms with Gasteiger partial charge in [-0.15, -0.1) is 0 Å². The van der Waals surface area contributed by atoms with Crippen molar-refractivity contribution in [1.82, 2.24) is 4.90 Å². The van der Waals surface area contributed by atoms with Crippen molar-refractivity contribution < 1.29 is 13.2 Å². The molecule has 0 fully saturated rings. The lowest BCUT2D eigenvalue weighted by Gasteiger charge is -2.29. The minimum absolute atomic E-state index is 0.0142. The summed E-state index contributed by atoms with van der Waals surface area (Å²) >= 11 is 0. The van der Waals surface area contributed by atoms with Crippen molar-refractivity contribution in [1.29, 1.82) is 0 Å². The van der Waals surface area contributed by atoms with Gasteiger partial charge in [-0.3, -0.25) is 0 Å². The first kappa shape index (κ1) is 9.52. The van der Waals surface area contributed by atoms with Gasteiger partial charge in [-0.2, -0.15) is 13.2 Å². The molecule has 1 heterocycles. The fourth-order valence-electron chi connectivity index (χ4n) is 1.71. The van der Waals surface area contributed by atoms with Gasteiger partial charge in [0.1, 0.15) is 0 Å². The van der Waals surface area contributed by atoms with E-state index in [4.69, 9.17) is 0 Å². The monoisotopic (exact) mass is 201 g/mol. The van der Waals surface area contributed by atoms with Crippen LogP contribution in [0.5, 0.6) is 0 Å². The molecule has 2 rings (SSSR count). The molecule has 0 radical (unpaired) electrons. The summed E-state index contributed by atoms with van der Waals surface area (Å²) in [5, 5.41) is 0. The SMILES string of the molecule is FC(F)(F)N1CCc2ccccc2C1. The number of benzene rings is 1. The van der Waals surface area contributed by atoms with E-state index in [1.54, 1.807) is 12.1 Å². The Labute approximate surface area is 80.1 Å². The maximum Gasteiger partial charge on any atom is 0.460 e. The van der Waals surface area contributed by atoms with E-state index in [0.717, 1.165) is 11.1 Å². The van der Waals surface area contributed by atoms with Crippen LogP contribution < -0.4 is 0 Å². The highest BCUT2D eigenvalue weighted by Gasteiger charge is 2.38. The van der Waals surface area contributed by atoms with Crippen LogP contribution >= 0.6 is 0 Å². The molecule has 1 aliphatic rings. The fraction of sp³-hybridized carbons (Fsp3) is 0.400. The molecule has 0 saturated heterocycles. The van der Waals surface area contributed by atoms with Crippen LogP contribution in [0.1, 0.15) is 11.1 Å². The Kier molecular flexibility index (Phi) is 2.23. The quantitative estimate of drug-likeness (QED) is 0.583. The summed E-state index contributed by atoms with van der Waals surface area (Å²) in [7, 11) is 0. The summed E-state index contributed by atoms with van der Waals surface area (Å²) in [6, 6.07) is 7.29. The Balaban J connectivity index is 2.22. The van der Waals surface area contributed by atoms with Crippen LogP contribution in [-0.4, -0.2) is 17.7 Å². The number of fused-ring (bicyclic) bond motifs is 1. The number of hydrogen-bond acceptors (Lipinski definition) is 1. The summed E-state index contributed by atoms with van der Waals surface area (Å²) in [6.07, 6.45) is -3.72. The predicted molar refractivity (Wildman–Crippen MR) is 46.6 cm³/mol. The molecule has 14 heavy (non-hydrogen) atoms. The number of hydrogen-bond donors (Lipinski definition) is 0. The lowest BCUT2D eigenvalue weighted by molar-refractivity contribution is -0.250.